The highest BCUT2D eigenvalue weighted by Crippen LogP contribution is 2.46. The minimum atomic E-state index is -1.70. The number of nitrogens with zero attached hydrogens (tertiary/aromatic N) is 4. The van der Waals surface area contributed by atoms with Crippen LogP contribution in [0.25, 0.3) is 10.4 Å². The molecule has 3 aromatic carbocycles. The molecule has 2 N–H and O–H groups in total. The van der Waals surface area contributed by atoms with E-state index in [2.05, 4.69) is 15.3 Å². The Balaban J connectivity index is 1.75. The molecule has 0 bridgehead atoms. The summed E-state index contributed by atoms with van der Waals surface area (Å²) in [7, 11) is 0. The Morgan fingerprint density at radius 1 is 1.11 bits per heavy atom. The van der Waals surface area contributed by atoms with Crippen molar-refractivity contribution in [2.75, 3.05) is 19.8 Å². The van der Waals surface area contributed by atoms with Gasteiger partial charge in [0.2, 0.25) is 5.90 Å². The van der Waals surface area contributed by atoms with Gasteiger partial charge in [0, 0.05) is 47.7 Å². The quantitative estimate of drug-likeness (QED) is 0.0703. The lowest BCUT2D eigenvalue weighted by Crippen LogP contribution is -2.49. The van der Waals surface area contributed by atoms with E-state index in [0.29, 0.717) is 35.5 Å². The Morgan fingerprint density at radius 3 is 2.52 bits per heavy atom. The van der Waals surface area contributed by atoms with Crippen LogP contribution >= 0.6 is 0 Å². The maximum atomic E-state index is 14.3. The Labute approximate surface area is 267 Å². The van der Waals surface area contributed by atoms with Crippen LogP contribution < -0.4 is 10.1 Å². The van der Waals surface area contributed by atoms with Gasteiger partial charge in [-0.3, -0.25) is 9.59 Å². The van der Waals surface area contributed by atoms with Gasteiger partial charge in [-0.1, -0.05) is 47.6 Å². The number of ether oxygens (including phenoxy) is 3. The SMILES string of the molecule is CC(C)(C)OC(=O)CC[C@@]1(C(=O)NCCc2ccccc2F)N=C(c2ccc(OCCCO)cc2)O[C@@H]1c1ccccc1N=[N+]=[N-]. The molecule has 12 heteroatoms. The van der Waals surface area contributed by atoms with Crippen molar-refractivity contribution in [2.45, 2.75) is 63.7 Å². The maximum Gasteiger partial charge on any atom is 0.306 e. The molecule has 0 unspecified atom stereocenters. The number of rotatable bonds is 14. The highest BCUT2D eigenvalue weighted by Gasteiger charge is 2.53. The molecule has 4 rings (SSSR count). The van der Waals surface area contributed by atoms with Crippen LogP contribution in [0.1, 0.15) is 62.8 Å². The molecule has 3 aromatic rings. The Morgan fingerprint density at radius 2 is 1.83 bits per heavy atom. The highest BCUT2D eigenvalue weighted by atomic mass is 19.1. The lowest BCUT2D eigenvalue weighted by molar-refractivity contribution is -0.155. The van der Waals surface area contributed by atoms with Crippen LogP contribution in [0.4, 0.5) is 10.1 Å². The van der Waals surface area contributed by atoms with Gasteiger partial charge in [-0.15, -0.1) is 0 Å². The number of halogens is 1. The number of benzene rings is 3. The second kappa shape index (κ2) is 15.4. The number of aliphatic hydroxyl groups is 1. The molecule has 2 atom stereocenters. The van der Waals surface area contributed by atoms with Crippen LogP contribution in [0.2, 0.25) is 0 Å². The first kappa shape index (κ1) is 34.0. The molecule has 0 aliphatic carbocycles. The first-order valence-electron chi connectivity index (χ1n) is 15.0. The van der Waals surface area contributed by atoms with Crippen molar-refractivity contribution in [3.05, 3.63) is 106 Å². The standard InChI is InChI=1S/C34H38FN5O6/c1-33(2,3)46-29(42)17-19-34(32(43)37-20-18-23-9-4-6-11-27(23)35)30(26-10-5-7-12-28(26)39-40-36)45-31(38-34)24-13-15-25(16-14-24)44-22-8-21-41/h4-7,9-16,30,41H,8,17-22H2,1-3H3,(H,37,43)/t30-,34-/m1/s1. The Kier molecular flexibility index (Phi) is 11.3. The van der Waals surface area contributed by atoms with Gasteiger partial charge in [0.1, 0.15) is 17.2 Å². The lowest BCUT2D eigenvalue weighted by atomic mass is 9.82. The summed E-state index contributed by atoms with van der Waals surface area (Å²) >= 11 is 0. The van der Waals surface area contributed by atoms with Crippen LogP contribution in [-0.4, -0.2) is 53.8 Å². The van der Waals surface area contributed by atoms with Crippen LogP contribution in [0.5, 0.6) is 5.75 Å². The molecule has 0 fully saturated rings. The fourth-order valence-corrected chi connectivity index (χ4v) is 5.05. The van der Waals surface area contributed by atoms with Gasteiger partial charge in [0.15, 0.2) is 11.6 Å². The fourth-order valence-electron chi connectivity index (χ4n) is 5.05. The molecule has 0 aromatic heterocycles. The number of hydrogen-bond acceptors (Lipinski definition) is 8. The molecule has 1 aliphatic heterocycles. The number of azide groups is 1. The van der Waals surface area contributed by atoms with Crippen molar-refractivity contribution in [2.24, 2.45) is 10.1 Å². The molecule has 0 spiro atoms. The second-order valence-corrected chi connectivity index (χ2v) is 11.7. The summed E-state index contributed by atoms with van der Waals surface area (Å²) in [6.45, 7) is 5.69. The molecule has 0 saturated heterocycles. The Hall–Kier alpha value is -4.93. The summed E-state index contributed by atoms with van der Waals surface area (Å²) in [6.07, 6.45) is -0.670. The van der Waals surface area contributed by atoms with Crippen molar-refractivity contribution in [3.63, 3.8) is 0 Å². The summed E-state index contributed by atoms with van der Waals surface area (Å²) in [4.78, 5) is 35.0. The molecule has 0 saturated carbocycles. The maximum absolute atomic E-state index is 14.3. The van der Waals surface area contributed by atoms with Gasteiger partial charge < -0.3 is 24.6 Å². The predicted molar refractivity (Wildman–Crippen MR) is 170 cm³/mol. The molecular formula is C34H38FN5O6. The number of carbonyl (C=O) groups is 2. The van der Waals surface area contributed by atoms with Crippen LogP contribution in [0.3, 0.4) is 0 Å². The zero-order valence-corrected chi connectivity index (χ0v) is 26.1. The van der Waals surface area contributed by atoms with E-state index < -0.39 is 29.1 Å². The van der Waals surface area contributed by atoms with Gasteiger partial charge in [0.25, 0.3) is 5.91 Å². The second-order valence-electron chi connectivity index (χ2n) is 11.7. The molecule has 1 aliphatic rings. The first-order valence-corrected chi connectivity index (χ1v) is 15.0. The summed E-state index contributed by atoms with van der Waals surface area (Å²) in [5.74, 6) is -0.752. The van der Waals surface area contributed by atoms with Crippen molar-refractivity contribution in [1.82, 2.24) is 5.32 Å². The summed E-state index contributed by atoms with van der Waals surface area (Å²) < 4.78 is 31.9. The van der Waals surface area contributed by atoms with E-state index >= 15 is 0 Å². The normalized spacial score (nSPS) is 17.3. The number of esters is 1. The van der Waals surface area contributed by atoms with E-state index in [1.165, 1.54) is 6.07 Å². The van der Waals surface area contributed by atoms with Gasteiger partial charge in [-0.2, -0.15) is 0 Å². The topological polar surface area (TPSA) is 155 Å². The number of aliphatic imine (C=N–C) groups is 1. The highest BCUT2D eigenvalue weighted by molar-refractivity contribution is 6.01. The zero-order chi connectivity index (χ0) is 33.2. The van der Waals surface area contributed by atoms with Crippen molar-refractivity contribution >= 4 is 23.5 Å². The Bertz CT molecular complexity index is 1600. The minimum absolute atomic E-state index is 0.00910. The molecule has 1 heterocycles. The molecule has 0 radical (unpaired) electrons. The third-order valence-electron chi connectivity index (χ3n) is 7.17. The monoisotopic (exact) mass is 631 g/mol. The largest absolute Gasteiger partial charge is 0.494 e. The number of carbonyl (C=O) groups excluding carboxylic acids is 2. The molecule has 46 heavy (non-hydrogen) atoms. The van der Waals surface area contributed by atoms with Crippen LogP contribution in [-0.2, 0) is 25.5 Å². The minimum Gasteiger partial charge on any atom is -0.494 e. The van der Waals surface area contributed by atoms with Gasteiger partial charge in [-0.25, -0.2) is 9.38 Å². The number of hydrogen-bond donors (Lipinski definition) is 2. The van der Waals surface area contributed by atoms with Crippen molar-refractivity contribution in [1.29, 1.82) is 0 Å². The van der Waals surface area contributed by atoms with Crippen molar-refractivity contribution < 1.29 is 33.3 Å². The van der Waals surface area contributed by atoms with E-state index in [-0.39, 0.29) is 49.8 Å². The smallest absolute Gasteiger partial charge is 0.306 e. The van der Waals surface area contributed by atoms with Gasteiger partial charge >= 0.3 is 5.97 Å². The first-order chi connectivity index (χ1) is 22.1. The third-order valence-corrected chi connectivity index (χ3v) is 7.17. The number of amides is 1. The van der Waals surface area contributed by atoms with E-state index in [1.54, 1.807) is 87.5 Å². The van der Waals surface area contributed by atoms with E-state index in [0.717, 1.165) is 0 Å². The molecule has 1 amide bonds. The van der Waals surface area contributed by atoms with Gasteiger partial charge in [0.05, 0.1) is 6.61 Å². The third kappa shape index (κ3) is 8.62. The van der Waals surface area contributed by atoms with E-state index in [4.69, 9.17) is 24.3 Å². The predicted octanol–water partition coefficient (Wildman–Crippen LogP) is 6.27. The number of aliphatic hydroxyl groups excluding tert-OH is 1. The molecular weight excluding hydrogens is 593 g/mol. The molecule has 242 valence electrons. The van der Waals surface area contributed by atoms with E-state index in [9.17, 15) is 19.5 Å². The average molecular weight is 632 g/mol. The summed E-state index contributed by atoms with van der Waals surface area (Å²) in [5.41, 5.74) is 8.45. The summed E-state index contributed by atoms with van der Waals surface area (Å²) in [6, 6.07) is 19.9. The lowest BCUT2D eigenvalue weighted by Gasteiger charge is -2.31. The average Bonchev–Trinajstić information content (AvgIpc) is 3.42. The van der Waals surface area contributed by atoms with E-state index in [1.807, 2.05) is 0 Å². The molecule has 11 nitrogen and oxygen atoms in total. The van der Waals surface area contributed by atoms with Crippen molar-refractivity contribution in [3.8, 4) is 5.75 Å². The van der Waals surface area contributed by atoms with Crippen LogP contribution in [0, 0.1) is 5.82 Å². The number of nitrogens with one attached hydrogen (secondary N) is 1. The zero-order valence-electron chi connectivity index (χ0n) is 26.1. The summed E-state index contributed by atoms with van der Waals surface area (Å²) in [5, 5.41) is 15.8. The fraction of sp³-hybridized carbons (Fsp3) is 0.382. The van der Waals surface area contributed by atoms with Gasteiger partial charge in [-0.05, 0) is 75.0 Å². The van der Waals surface area contributed by atoms with Crippen LogP contribution in [0.15, 0.2) is 82.9 Å².